The fraction of sp³-hybridized carbons (Fsp3) is 0.500. The number of hydrogen-bond donors (Lipinski definition) is 2. The summed E-state index contributed by atoms with van der Waals surface area (Å²) in [6.07, 6.45) is 2.30. The molecule has 0 radical (unpaired) electrons. The van der Waals surface area contributed by atoms with Crippen molar-refractivity contribution in [2.45, 2.75) is 25.9 Å². The quantitative estimate of drug-likeness (QED) is 0.877. The first-order valence-corrected chi connectivity index (χ1v) is 6.53. The molecule has 1 heterocycles. The minimum Gasteiger partial charge on any atom is -0.377 e. The van der Waals surface area contributed by atoms with Gasteiger partial charge in [0.05, 0.1) is 18.3 Å². The van der Waals surface area contributed by atoms with Gasteiger partial charge in [0.25, 0.3) is 0 Å². The molecular weight excluding hydrogens is 283 g/mol. The summed E-state index contributed by atoms with van der Waals surface area (Å²) in [5.41, 5.74) is 1.04. The summed E-state index contributed by atoms with van der Waals surface area (Å²) in [5.74, 6) is -0.659. The molecule has 1 saturated heterocycles. The Hall–Kier alpha value is -1.17. The van der Waals surface area contributed by atoms with Crippen LogP contribution in [0, 0.1) is 12.7 Å². The summed E-state index contributed by atoms with van der Waals surface area (Å²) in [7, 11) is 0. The molecule has 0 saturated carbocycles. The SMILES string of the molecule is Cc1ccc(NC(=O)CNCC2CCCO2)c(F)c1.Cl. The number of amides is 1. The molecule has 0 bridgehead atoms. The third-order valence-corrected chi connectivity index (χ3v) is 3.08. The first-order valence-electron chi connectivity index (χ1n) is 6.53. The van der Waals surface area contributed by atoms with E-state index in [-0.39, 0.29) is 36.7 Å². The molecule has 1 unspecified atom stereocenters. The van der Waals surface area contributed by atoms with Crippen molar-refractivity contribution in [2.75, 3.05) is 25.0 Å². The Kier molecular flexibility index (Phi) is 6.91. The number of rotatable bonds is 5. The summed E-state index contributed by atoms with van der Waals surface area (Å²) >= 11 is 0. The lowest BCUT2D eigenvalue weighted by molar-refractivity contribution is -0.115. The van der Waals surface area contributed by atoms with Gasteiger partial charge >= 0.3 is 0 Å². The first kappa shape index (κ1) is 16.9. The van der Waals surface area contributed by atoms with E-state index in [0.717, 1.165) is 25.0 Å². The van der Waals surface area contributed by atoms with Crippen LogP contribution in [0.4, 0.5) is 10.1 Å². The van der Waals surface area contributed by atoms with Crippen molar-refractivity contribution < 1.29 is 13.9 Å². The first-order chi connectivity index (χ1) is 9.15. The van der Waals surface area contributed by atoms with Gasteiger partial charge in [-0.3, -0.25) is 4.79 Å². The van der Waals surface area contributed by atoms with E-state index in [1.54, 1.807) is 19.1 Å². The Morgan fingerprint density at radius 1 is 1.50 bits per heavy atom. The fourth-order valence-electron chi connectivity index (χ4n) is 2.07. The van der Waals surface area contributed by atoms with Gasteiger partial charge < -0.3 is 15.4 Å². The minimum absolute atomic E-state index is 0. The van der Waals surface area contributed by atoms with Crippen molar-refractivity contribution in [3.8, 4) is 0 Å². The molecule has 20 heavy (non-hydrogen) atoms. The second-order valence-corrected chi connectivity index (χ2v) is 4.80. The third kappa shape index (κ3) is 5.07. The molecular formula is C14H20ClFN2O2. The minimum atomic E-state index is -0.410. The van der Waals surface area contributed by atoms with Crippen molar-refractivity contribution in [1.82, 2.24) is 5.32 Å². The van der Waals surface area contributed by atoms with Gasteiger partial charge in [0, 0.05) is 13.2 Å². The average molecular weight is 303 g/mol. The number of benzene rings is 1. The number of ether oxygens (including phenoxy) is 1. The van der Waals surface area contributed by atoms with Crippen LogP contribution >= 0.6 is 12.4 Å². The number of nitrogens with one attached hydrogen (secondary N) is 2. The fourth-order valence-corrected chi connectivity index (χ4v) is 2.07. The molecule has 1 amide bonds. The normalized spacial score (nSPS) is 17.6. The number of anilines is 1. The van der Waals surface area contributed by atoms with Crippen LogP contribution in [0.3, 0.4) is 0 Å². The number of aryl methyl sites for hydroxylation is 1. The molecule has 112 valence electrons. The lowest BCUT2D eigenvalue weighted by Gasteiger charge is -2.11. The van der Waals surface area contributed by atoms with E-state index in [9.17, 15) is 9.18 Å². The predicted octanol–water partition coefficient (Wildman–Crippen LogP) is 2.26. The van der Waals surface area contributed by atoms with Crippen LogP contribution in [-0.2, 0) is 9.53 Å². The molecule has 0 spiro atoms. The molecule has 1 aromatic rings. The van der Waals surface area contributed by atoms with Gasteiger partial charge in [0.2, 0.25) is 5.91 Å². The Morgan fingerprint density at radius 2 is 2.30 bits per heavy atom. The van der Waals surface area contributed by atoms with Crippen LogP contribution in [0.1, 0.15) is 18.4 Å². The zero-order chi connectivity index (χ0) is 13.7. The highest BCUT2D eigenvalue weighted by atomic mass is 35.5. The summed E-state index contributed by atoms with van der Waals surface area (Å²) in [6.45, 7) is 3.42. The van der Waals surface area contributed by atoms with Crippen molar-refractivity contribution in [3.05, 3.63) is 29.6 Å². The van der Waals surface area contributed by atoms with Gasteiger partial charge in [-0.25, -0.2) is 4.39 Å². The summed E-state index contributed by atoms with van der Waals surface area (Å²) in [4.78, 5) is 11.6. The largest absolute Gasteiger partial charge is 0.377 e. The van der Waals surface area contributed by atoms with Gasteiger partial charge in [-0.05, 0) is 37.5 Å². The number of halogens is 2. The lowest BCUT2D eigenvalue weighted by Crippen LogP contribution is -2.33. The van der Waals surface area contributed by atoms with Crippen LogP contribution in [0.25, 0.3) is 0 Å². The van der Waals surface area contributed by atoms with Crippen LogP contribution in [0.2, 0.25) is 0 Å². The van der Waals surface area contributed by atoms with E-state index in [1.807, 2.05) is 0 Å². The van der Waals surface area contributed by atoms with Crippen molar-refractivity contribution in [1.29, 1.82) is 0 Å². The van der Waals surface area contributed by atoms with Gasteiger partial charge in [-0.1, -0.05) is 6.07 Å². The number of carbonyl (C=O) groups is 1. The smallest absolute Gasteiger partial charge is 0.238 e. The number of carbonyl (C=O) groups excluding carboxylic acids is 1. The van der Waals surface area contributed by atoms with E-state index in [0.29, 0.717) is 6.54 Å². The lowest BCUT2D eigenvalue weighted by atomic mass is 10.2. The predicted molar refractivity (Wildman–Crippen MR) is 78.9 cm³/mol. The Bertz CT molecular complexity index is 451. The molecule has 2 N–H and O–H groups in total. The summed E-state index contributed by atoms with van der Waals surface area (Å²) in [5, 5.41) is 5.56. The van der Waals surface area contributed by atoms with Crippen molar-refractivity contribution in [3.63, 3.8) is 0 Å². The summed E-state index contributed by atoms with van der Waals surface area (Å²) in [6, 6.07) is 4.73. The second-order valence-electron chi connectivity index (χ2n) is 4.80. The zero-order valence-corrected chi connectivity index (χ0v) is 12.3. The van der Waals surface area contributed by atoms with Gasteiger partial charge in [-0.15, -0.1) is 12.4 Å². The molecule has 1 aliphatic heterocycles. The third-order valence-electron chi connectivity index (χ3n) is 3.08. The molecule has 2 rings (SSSR count). The Morgan fingerprint density at radius 3 is 2.95 bits per heavy atom. The van der Waals surface area contributed by atoms with E-state index in [2.05, 4.69) is 10.6 Å². The van der Waals surface area contributed by atoms with E-state index >= 15 is 0 Å². The monoisotopic (exact) mass is 302 g/mol. The highest BCUT2D eigenvalue weighted by molar-refractivity contribution is 5.92. The van der Waals surface area contributed by atoms with Crippen LogP contribution in [0.15, 0.2) is 18.2 Å². The molecule has 1 aromatic carbocycles. The Balaban J connectivity index is 0.00000200. The Labute approximate surface area is 124 Å². The molecule has 1 fully saturated rings. The van der Waals surface area contributed by atoms with Crippen LogP contribution < -0.4 is 10.6 Å². The maximum atomic E-state index is 13.5. The molecule has 1 atom stereocenters. The van der Waals surface area contributed by atoms with E-state index in [4.69, 9.17) is 4.74 Å². The molecule has 6 heteroatoms. The second kappa shape index (κ2) is 8.19. The number of hydrogen-bond acceptors (Lipinski definition) is 3. The molecule has 0 aromatic heterocycles. The van der Waals surface area contributed by atoms with Gasteiger partial charge in [0.1, 0.15) is 5.82 Å². The van der Waals surface area contributed by atoms with E-state index in [1.165, 1.54) is 6.07 Å². The standard InChI is InChI=1S/C14H19FN2O2.ClH/c1-10-4-5-13(12(15)7-10)17-14(18)9-16-8-11-3-2-6-19-11;/h4-5,7,11,16H,2-3,6,8-9H2,1H3,(H,17,18);1H. The van der Waals surface area contributed by atoms with Crippen molar-refractivity contribution >= 4 is 24.0 Å². The van der Waals surface area contributed by atoms with Gasteiger partial charge in [0.15, 0.2) is 0 Å². The highest BCUT2D eigenvalue weighted by Gasteiger charge is 2.15. The zero-order valence-electron chi connectivity index (χ0n) is 11.4. The van der Waals surface area contributed by atoms with Gasteiger partial charge in [-0.2, -0.15) is 0 Å². The maximum absolute atomic E-state index is 13.5. The molecule has 0 aliphatic carbocycles. The molecule has 1 aliphatic rings. The van der Waals surface area contributed by atoms with Crippen LogP contribution in [-0.4, -0.2) is 31.7 Å². The van der Waals surface area contributed by atoms with Crippen molar-refractivity contribution in [2.24, 2.45) is 0 Å². The molecule has 4 nitrogen and oxygen atoms in total. The average Bonchev–Trinajstić information content (AvgIpc) is 2.86. The topological polar surface area (TPSA) is 50.4 Å². The maximum Gasteiger partial charge on any atom is 0.238 e. The van der Waals surface area contributed by atoms with Crippen LogP contribution in [0.5, 0.6) is 0 Å². The summed E-state index contributed by atoms with van der Waals surface area (Å²) < 4.78 is 19.0. The van der Waals surface area contributed by atoms with E-state index < -0.39 is 5.82 Å². The highest BCUT2D eigenvalue weighted by Crippen LogP contribution is 2.15.